The van der Waals surface area contributed by atoms with Gasteiger partial charge >= 0.3 is 5.97 Å². The van der Waals surface area contributed by atoms with E-state index in [0.29, 0.717) is 37.5 Å². The summed E-state index contributed by atoms with van der Waals surface area (Å²) in [5, 5.41) is 9.76. The van der Waals surface area contributed by atoms with E-state index in [1.807, 2.05) is 12.1 Å². The minimum atomic E-state index is -0.702. The van der Waals surface area contributed by atoms with E-state index in [2.05, 4.69) is 4.99 Å². The molecular formula is C24H22N2O5S. The fourth-order valence-electron chi connectivity index (χ4n) is 3.68. The number of aromatic hydroxyl groups is 1. The topological polar surface area (TPSA) is 90.1 Å². The zero-order chi connectivity index (χ0) is 22.8. The lowest BCUT2D eigenvalue weighted by Gasteiger charge is -2.25. The third-order valence-electron chi connectivity index (χ3n) is 5.09. The maximum atomic E-state index is 13.5. The largest absolute Gasteiger partial charge is 0.508 e. The Labute approximate surface area is 188 Å². The van der Waals surface area contributed by atoms with Crippen molar-refractivity contribution in [2.45, 2.75) is 19.9 Å². The van der Waals surface area contributed by atoms with Crippen LogP contribution in [0.2, 0.25) is 0 Å². The molecule has 2 heterocycles. The van der Waals surface area contributed by atoms with E-state index >= 15 is 0 Å². The van der Waals surface area contributed by atoms with E-state index < -0.39 is 12.0 Å². The Bertz CT molecular complexity index is 1400. The number of allylic oxidation sites excluding steroid dienone is 1. The number of benzene rings is 2. The monoisotopic (exact) mass is 450 g/mol. The van der Waals surface area contributed by atoms with Crippen LogP contribution in [0.5, 0.6) is 11.5 Å². The van der Waals surface area contributed by atoms with Crippen LogP contribution in [-0.4, -0.2) is 29.4 Å². The van der Waals surface area contributed by atoms with Crippen LogP contribution in [-0.2, 0) is 9.53 Å². The molecule has 1 N–H and O–H groups in total. The molecule has 0 bridgehead atoms. The number of methoxy groups -OCH3 is 1. The summed E-state index contributed by atoms with van der Waals surface area (Å²) in [6.07, 6.45) is 1.70. The van der Waals surface area contributed by atoms with Crippen molar-refractivity contribution in [3.63, 3.8) is 0 Å². The summed E-state index contributed by atoms with van der Waals surface area (Å²) in [4.78, 5) is 31.4. The van der Waals surface area contributed by atoms with Gasteiger partial charge in [-0.15, -0.1) is 0 Å². The number of aromatic nitrogens is 1. The van der Waals surface area contributed by atoms with E-state index in [4.69, 9.17) is 9.47 Å². The van der Waals surface area contributed by atoms with Gasteiger partial charge in [-0.05, 0) is 55.3 Å². The van der Waals surface area contributed by atoms with Crippen LogP contribution in [0, 0.1) is 0 Å². The lowest BCUT2D eigenvalue weighted by molar-refractivity contribution is -0.139. The second kappa shape index (κ2) is 8.84. The third-order valence-corrected chi connectivity index (χ3v) is 6.08. The average Bonchev–Trinajstić information content (AvgIpc) is 3.07. The fourth-order valence-corrected chi connectivity index (χ4v) is 4.73. The number of phenols is 1. The molecule has 3 aromatic rings. The van der Waals surface area contributed by atoms with Gasteiger partial charge in [0, 0.05) is 0 Å². The first-order valence-electron chi connectivity index (χ1n) is 10.1. The highest BCUT2D eigenvalue weighted by Gasteiger charge is 2.33. The smallest absolute Gasteiger partial charge is 0.338 e. The molecule has 0 unspecified atom stereocenters. The lowest BCUT2D eigenvalue weighted by atomic mass is 9.95. The van der Waals surface area contributed by atoms with E-state index in [9.17, 15) is 14.7 Å². The minimum absolute atomic E-state index is 0.112. The molecule has 1 aromatic heterocycles. The molecule has 0 spiro atoms. The van der Waals surface area contributed by atoms with Crippen LogP contribution in [0.3, 0.4) is 0 Å². The number of esters is 1. The van der Waals surface area contributed by atoms with E-state index in [1.165, 1.54) is 15.9 Å². The number of ether oxygens (including phenoxy) is 2. The van der Waals surface area contributed by atoms with Crippen molar-refractivity contribution >= 4 is 23.4 Å². The Morgan fingerprint density at radius 1 is 1.25 bits per heavy atom. The highest BCUT2D eigenvalue weighted by Crippen LogP contribution is 2.32. The van der Waals surface area contributed by atoms with Crippen LogP contribution >= 0.6 is 11.3 Å². The van der Waals surface area contributed by atoms with Gasteiger partial charge in [0.1, 0.15) is 11.5 Å². The maximum Gasteiger partial charge on any atom is 0.338 e. The average molecular weight is 451 g/mol. The molecule has 0 aliphatic carbocycles. The number of nitrogens with zero attached hydrogens (tertiary/aromatic N) is 2. The van der Waals surface area contributed by atoms with Gasteiger partial charge in [-0.1, -0.05) is 35.6 Å². The van der Waals surface area contributed by atoms with Gasteiger partial charge in [0.25, 0.3) is 5.56 Å². The van der Waals surface area contributed by atoms with Crippen molar-refractivity contribution < 1.29 is 19.4 Å². The summed E-state index contributed by atoms with van der Waals surface area (Å²) in [5.74, 6) is 0.215. The Morgan fingerprint density at radius 2 is 2.03 bits per heavy atom. The normalized spacial score (nSPS) is 15.8. The molecule has 2 aromatic carbocycles. The molecule has 0 saturated heterocycles. The predicted molar refractivity (Wildman–Crippen MR) is 121 cm³/mol. The Morgan fingerprint density at radius 3 is 2.75 bits per heavy atom. The van der Waals surface area contributed by atoms with Gasteiger partial charge in [-0.3, -0.25) is 9.36 Å². The highest BCUT2D eigenvalue weighted by molar-refractivity contribution is 7.07. The molecule has 8 heteroatoms. The third kappa shape index (κ3) is 3.97. The number of hydrogen-bond donors (Lipinski definition) is 1. The number of thiazole rings is 1. The summed E-state index contributed by atoms with van der Waals surface area (Å²) < 4.78 is 12.6. The van der Waals surface area contributed by atoms with Crippen LogP contribution in [0.1, 0.15) is 31.0 Å². The minimum Gasteiger partial charge on any atom is -0.508 e. The van der Waals surface area contributed by atoms with E-state index in [1.54, 1.807) is 63.4 Å². The number of rotatable bonds is 5. The first kappa shape index (κ1) is 21.6. The van der Waals surface area contributed by atoms with Gasteiger partial charge in [-0.2, -0.15) is 0 Å². The molecule has 1 atom stereocenters. The summed E-state index contributed by atoms with van der Waals surface area (Å²) in [6, 6.07) is 13.2. The summed E-state index contributed by atoms with van der Waals surface area (Å²) in [7, 11) is 1.56. The van der Waals surface area contributed by atoms with Crippen LogP contribution < -0.4 is 19.6 Å². The van der Waals surface area contributed by atoms with Crippen molar-refractivity contribution in [1.82, 2.24) is 4.57 Å². The molecule has 0 saturated carbocycles. The molecule has 1 aliphatic heterocycles. The van der Waals surface area contributed by atoms with Crippen molar-refractivity contribution in [1.29, 1.82) is 0 Å². The van der Waals surface area contributed by atoms with Crippen LogP contribution in [0.25, 0.3) is 6.08 Å². The first-order valence-corrected chi connectivity index (χ1v) is 10.9. The maximum absolute atomic E-state index is 13.5. The molecular weight excluding hydrogens is 428 g/mol. The van der Waals surface area contributed by atoms with Gasteiger partial charge in [0.05, 0.1) is 35.6 Å². The second-order valence-electron chi connectivity index (χ2n) is 7.17. The predicted octanol–water partition coefficient (Wildman–Crippen LogP) is 2.51. The van der Waals surface area contributed by atoms with Gasteiger partial charge in [-0.25, -0.2) is 9.79 Å². The highest BCUT2D eigenvalue weighted by atomic mass is 32.1. The van der Waals surface area contributed by atoms with E-state index in [-0.39, 0.29) is 17.9 Å². The summed E-state index contributed by atoms with van der Waals surface area (Å²) in [6.45, 7) is 3.69. The molecule has 4 rings (SSSR count). The van der Waals surface area contributed by atoms with Gasteiger partial charge in [0.2, 0.25) is 0 Å². The first-order chi connectivity index (χ1) is 15.4. The molecule has 0 radical (unpaired) electrons. The van der Waals surface area contributed by atoms with Crippen molar-refractivity contribution in [3.05, 3.63) is 90.6 Å². The SMILES string of the molecule is CCOC(=O)C1=C(C)N=c2s/c(=C\c3cccc(O)c3)c(=O)n2[C@@H]1c1cccc(OC)c1. The Balaban J connectivity index is 1.97. The van der Waals surface area contributed by atoms with Crippen LogP contribution in [0.15, 0.2) is 69.6 Å². The fraction of sp³-hybridized carbons (Fsp3) is 0.208. The number of fused-ring (bicyclic) bond motifs is 1. The zero-order valence-corrected chi connectivity index (χ0v) is 18.7. The molecule has 0 fully saturated rings. The Hall–Kier alpha value is -3.65. The van der Waals surface area contributed by atoms with Crippen LogP contribution in [0.4, 0.5) is 0 Å². The molecule has 32 heavy (non-hydrogen) atoms. The molecule has 1 aliphatic rings. The standard InChI is InChI=1S/C24H22N2O5S/c1-4-31-23(29)20-14(2)25-24-26(21(20)16-8-6-10-18(13-16)30-3)22(28)19(32-24)12-15-7-5-9-17(27)11-15/h5-13,21,27H,4H2,1-3H3/b19-12-/t21-/m1/s1. The van der Waals surface area contributed by atoms with Crippen molar-refractivity contribution in [2.24, 2.45) is 4.99 Å². The van der Waals surface area contributed by atoms with Crippen molar-refractivity contribution in [3.8, 4) is 11.5 Å². The molecule has 0 amide bonds. The van der Waals surface area contributed by atoms with E-state index in [0.717, 1.165) is 0 Å². The Kier molecular flexibility index (Phi) is 5.96. The lowest BCUT2D eigenvalue weighted by Crippen LogP contribution is -2.39. The zero-order valence-electron chi connectivity index (χ0n) is 17.9. The number of phenolic OH excluding ortho intramolecular Hbond substituents is 1. The van der Waals surface area contributed by atoms with Gasteiger partial charge < -0.3 is 14.6 Å². The van der Waals surface area contributed by atoms with Crippen molar-refractivity contribution in [2.75, 3.05) is 13.7 Å². The summed E-state index contributed by atoms with van der Waals surface area (Å²) in [5.41, 5.74) is 1.94. The number of carbonyl (C=O) groups excluding carboxylic acids is 1. The molecule has 7 nitrogen and oxygen atoms in total. The second-order valence-corrected chi connectivity index (χ2v) is 8.18. The van der Waals surface area contributed by atoms with Gasteiger partial charge in [0.15, 0.2) is 4.80 Å². The molecule has 164 valence electrons. The summed E-state index contributed by atoms with van der Waals surface area (Å²) >= 11 is 1.23. The quantitative estimate of drug-likeness (QED) is 0.604. The number of carbonyl (C=O) groups is 1. The number of hydrogen-bond acceptors (Lipinski definition) is 7.